The first-order chi connectivity index (χ1) is 12.2. The second-order valence-electron chi connectivity index (χ2n) is 5.77. The van der Waals surface area contributed by atoms with Gasteiger partial charge in [-0.1, -0.05) is 0 Å². The standard InChI is InChI=1S/C18H16FN3O3/c19-14-4-2-11-8-16(14)25-10-17(23)20-6-1-7-24-12-3-5-15-13(9-12)18(11)22-21-15/h2-5,8-9H,1,6-7,10H2,(H,20,23)(H,21,22). The molecule has 0 spiro atoms. The molecule has 0 atom stereocenters. The van der Waals surface area contributed by atoms with Crippen molar-refractivity contribution in [2.45, 2.75) is 6.42 Å². The molecule has 7 heteroatoms. The second-order valence-corrected chi connectivity index (χ2v) is 5.77. The highest BCUT2D eigenvalue weighted by molar-refractivity contribution is 5.94. The summed E-state index contributed by atoms with van der Waals surface area (Å²) in [7, 11) is 0. The molecule has 3 aromatic rings. The summed E-state index contributed by atoms with van der Waals surface area (Å²) in [6.45, 7) is 0.692. The van der Waals surface area contributed by atoms with E-state index in [1.807, 2.05) is 18.2 Å². The average molecular weight is 341 g/mol. The number of hydrogen-bond donors (Lipinski definition) is 2. The van der Waals surface area contributed by atoms with E-state index in [2.05, 4.69) is 15.5 Å². The Morgan fingerprint density at radius 1 is 1.12 bits per heavy atom. The molecule has 0 radical (unpaired) electrons. The number of nitrogens with zero attached hydrogens (tertiary/aromatic N) is 1. The first-order valence-electron chi connectivity index (χ1n) is 8.01. The summed E-state index contributed by atoms with van der Waals surface area (Å²) >= 11 is 0. The van der Waals surface area contributed by atoms with Crippen LogP contribution >= 0.6 is 0 Å². The number of aromatic nitrogens is 2. The van der Waals surface area contributed by atoms with Gasteiger partial charge in [0, 0.05) is 17.5 Å². The van der Waals surface area contributed by atoms with Crippen LogP contribution in [0.2, 0.25) is 0 Å². The van der Waals surface area contributed by atoms with Crippen molar-refractivity contribution < 1.29 is 18.7 Å². The Morgan fingerprint density at radius 2 is 2.04 bits per heavy atom. The van der Waals surface area contributed by atoms with Crippen molar-refractivity contribution in [1.29, 1.82) is 0 Å². The number of carbonyl (C=O) groups excluding carboxylic acids is 1. The number of halogens is 1. The van der Waals surface area contributed by atoms with Gasteiger partial charge in [0.1, 0.15) is 11.4 Å². The van der Waals surface area contributed by atoms with Gasteiger partial charge in [0.15, 0.2) is 18.2 Å². The van der Waals surface area contributed by atoms with E-state index in [4.69, 9.17) is 9.47 Å². The zero-order valence-electron chi connectivity index (χ0n) is 13.3. The molecule has 2 N–H and O–H groups in total. The van der Waals surface area contributed by atoms with Crippen LogP contribution in [-0.4, -0.2) is 35.9 Å². The van der Waals surface area contributed by atoms with Crippen LogP contribution in [0.15, 0.2) is 36.4 Å². The molecule has 0 unspecified atom stereocenters. The second kappa shape index (κ2) is 6.43. The molecule has 128 valence electrons. The van der Waals surface area contributed by atoms with Crippen LogP contribution in [0.1, 0.15) is 6.42 Å². The number of H-pyrrole nitrogens is 1. The SMILES string of the molecule is O=C1COc2cc(ccc2F)-c2n[nH]c3ccc(cc23)OCCCN1. The fraction of sp³-hybridized carbons (Fsp3) is 0.222. The summed E-state index contributed by atoms with van der Waals surface area (Å²) in [5.41, 5.74) is 2.22. The lowest BCUT2D eigenvalue weighted by molar-refractivity contribution is -0.123. The number of fused-ring (bicyclic) bond motifs is 4. The topological polar surface area (TPSA) is 76.2 Å². The smallest absolute Gasteiger partial charge is 0.257 e. The van der Waals surface area contributed by atoms with E-state index >= 15 is 0 Å². The van der Waals surface area contributed by atoms with Crippen molar-refractivity contribution in [2.24, 2.45) is 0 Å². The van der Waals surface area contributed by atoms with Crippen LogP contribution in [0.5, 0.6) is 11.5 Å². The Kier molecular flexibility index (Phi) is 3.97. The van der Waals surface area contributed by atoms with Gasteiger partial charge in [0.25, 0.3) is 5.91 Å². The molecule has 4 bridgehead atoms. The Bertz CT molecular complexity index is 938. The van der Waals surface area contributed by atoms with Crippen molar-refractivity contribution in [3.63, 3.8) is 0 Å². The molecule has 6 nitrogen and oxygen atoms in total. The normalized spacial score (nSPS) is 15.0. The van der Waals surface area contributed by atoms with Gasteiger partial charge in [-0.3, -0.25) is 9.89 Å². The molecule has 25 heavy (non-hydrogen) atoms. The molecule has 2 heterocycles. The van der Waals surface area contributed by atoms with Crippen LogP contribution < -0.4 is 14.8 Å². The van der Waals surface area contributed by atoms with E-state index < -0.39 is 5.82 Å². The van der Waals surface area contributed by atoms with Gasteiger partial charge < -0.3 is 14.8 Å². The Morgan fingerprint density at radius 3 is 2.96 bits per heavy atom. The monoisotopic (exact) mass is 341 g/mol. The molecule has 0 saturated carbocycles. The van der Waals surface area contributed by atoms with E-state index in [0.717, 1.165) is 16.7 Å². The van der Waals surface area contributed by atoms with Crippen LogP contribution in [0, 0.1) is 5.82 Å². The van der Waals surface area contributed by atoms with Gasteiger partial charge in [-0.25, -0.2) is 4.39 Å². The van der Waals surface area contributed by atoms with E-state index in [1.54, 1.807) is 12.1 Å². The third-order valence-corrected chi connectivity index (χ3v) is 4.01. The highest BCUT2D eigenvalue weighted by Crippen LogP contribution is 2.32. The Balaban J connectivity index is 1.81. The number of nitrogens with one attached hydrogen (secondary N) is 2. The number of benzene rings is 2. The van der Waals surface area contributed by atoms with Gasteiger partial charge >= 0.3 is 0 Å². The van der Waals surface area contributed by atoms with E-state index in [-0.39, 0.29) is 18.3 Å². The van der Waals surface area contributed by atoms with Gasteiger partial charge in [-0.15, -0.1) is 0 Å². The van der Waals surface area contributed by atoms with Crippen LogP contribution in [-0.2, 0) is 4.79 Å². The maximum absolute atomic E-state index is 14.0. The number of hydrogen-bond acceptors (Lipinski definition) is 4. The average Bonchev–Trinajstić information content (AvgIpc) is 3.03. The lowest BCUT2D eigenvalue weighted by atomic mass is 10.1. The molecule has 0 saturated heterocycles. The number of aromatic amines is 1. The number of ether oxygens (including phenoxy) is 2. The van der Waals surface area contributed by atoms with E-state index in [1.165, 1.54) is 6.07 Å². The number of carbonyl (C=O) groups is 1. The number of amides is 1. The zero-order chi connectivity index (χ0) is 17.2. The van der Waals surface area contributed by atoms with E-state index in [0.29, 0.717) is 30.8 Å². The first-order valence-corrected chi connectivity index (χ1v) is 8.01. The highest BCUT2D eigenvalue weighted by atomic mass is 19.1. The lowest BCUT2D eigenvalue weighted by Gasteiger charge is -2.09. The molecule has 0 fully saturated rings. The summed E-state index contributed by atoms with van der Waals surface area (Å²) in [6.07, 6.45) is 0.657. The summed E-state index contributed by atoms with van der Waals surface area (Å²) in [6, 6.07) is 10.1. The van der Waals surface area contributed by atoms with Crippen LogP contribution in [0.4, 0.5) is 4.39 Å². The minimum Gasteiger partial charge on any atom is -0.494 e. The largest absolute Gasteiger partial charge is 0.494 e. The Hall–Kier alpha value is -3.09. The predicted octanol–water partition coefficient (Wildman–Crippen LogP) is 2.65. The van der Waals surface area contributed by atoms with E-state index in [9.17, 15) is 9.18 Å². The molecular formula is C18H16FN3O3. The lowest BCUT2D eigenvalue weighted by Crippen LogP contribution is -2.30. The fourth-order valence-corrected chi connectivity index (χ4v) is 2.75. The highest BCUT2D eigenvalue weighted by Gasteiger charge is 2.14. The summed E-state index contributed by atoms with van der Waals surface area (Å²) < 4.78 is 25.1. The van der Waals surface area contributed by atoms with Gasteiger partial charge in [-0.2, -0.15) is 5.10 Å². The molecule has 4 rings (SSSR count). The van der Waals surface area contributed by atoms with Gasteiger partial charge in [0.05, 0.1) is 12.1 Å². The molecule has 1 amide bonds. The summed E-state index contributed by atoms with van der Waals surface area (Å²) in [5, 5.41) is 10.9. The molecule has 2 aromatic carbocycles. The first kappa shape index (κ1) is 15.4. The predicted molar refractivity (Wildman–Crippen MR) is 90.1 cm³/mol. The van der Waals surface area contributed by atoms with Crippen molar-refractivity contribution in [2.75, 3.05) is 19.8 Å². The van der Waals surface area contributed by atoms with Crippen molar-refractivity contribution in [3.8, 4) is 22.8 Å². The molecule has 1 aliphatic heterocycles. The zero-order valence-corrected chi connectivity index (χ0v) is 13.3. The van der Waals surface area contributed by atoms with Crippen molar-refractivity contribution >= 4 is 16.8 Å². The van der Waals surface area contributed by atoms with Crippen molar-refractivity contribution in [3.05, 3.63) is 42.2 Å². The minimum absolute atomic E-state index is 0.0195. The molecule has 1 aliphatic rings. The van der Waals surface area contributed by atoms with Crippen molar-refractivity contribution in [1.82, 2.24) is 15.5 Å². The molecule has 1 aromatic heterocycles. The van der Waals surface area contributed by atoms with Crippen LogP contribution in [0.3, 0.4) is 0 Å². The Labute approximate surface area is 142 Å². The third-order valence-electron chi connectivity index (χ3n) is 4.01. The van der Waals surface area contributed by atoms with Gasteiger partial charge in [-0.05, 0) is 42.8 Å². The summed E-state index contributed by atoms with van der Waals surface area (Å²) in [4.78, 5) is 11.8. The fourth-order valence-electron chi connectivity index (χ4n) is 2.75. The summed E-state index contributed by atoms with van der Waals surface area (Å²) in [5.74, 6) is -0.0897. The van der Waals surface area contributed by atoms with Gasteiger partial charge in [0.2, 0.25) is 0 Å². The molecular weight excluding hydrogens is 325 g/mol. The molecule has 0 aliphatic carbocycles. The quantitative estimate of drug-likeness (QED) is 0.659. The maximum atomic E-state index is 14.0. The van der Waals surface area contributed by atoms with Crippen LogP contribution in [0.25, 0.3) is 22.2 Å². The number of rotatable bonds is 0. The maximum Gasteiger partial charge on any atom is 0.257 e. The third kappa shape index (κ3) is 3.13. The minimum atomic E-state index is -0.523.